The average molecular weight is 640 g/mol. The quantitative estimate of drug-likeness (QED) is 0.156. The predicted molar refractivity (Wildman–Crippen MR) is 168 cm³/mol. The molecule has 0 aliphatic heterocycles. The summed E-state index contributed by atoms with van der Waals surface area (Å²) < 4.78 is 33.3. The molecule has 0 radical (unpaired) electrons. The first-order chi connectivity index (χ1) is 20.7. The Morgan fingerprint density at radius 2 is 1.53 bits per heavy atom. The molecule has 0 spiro atoms. The second-order valence-electron chi connectivity index (χ2n) is 9.16. The second-order valence-corrected chi connectivity index (χ2v) is 11.9. The van der Waals surface area contributed by atoms with Gasteiger partial charge >= 0.3 is 0 Å². The lowest BCUT2D eigenvalue weighted by Crippen LogP contribution is -2.39. The number of anilines is 1. The molecule has 2 amide bonds. The molecule has 9 nitrogen and oxygen atoms in total. The van der Waals surface area contributed by atoms with Gasteiger partial charge in [-0.05, 0) is 72.1 Å². The molecule has 0 heterocycles. The van der Waals surface area contributed by atoms with Crippen LogP contribution in [-0.4, -0.2) is 46.1 Å². The van der Waals surface area contributed by atoms with E-state index in [0.717, 1.165) is 16.3 Å². The Kier molecular flexibility index (Phi) is 11.2. The molecule has 0 aliphatic rings. The van der Waals surface area contributed by atoms with Crippen LogP contribution in [0.3, 0.4) is 0 Å². The molecule has 0 bridgehead atoms. The van der Waals surface area contributed by atoms with Crippen LogP contribution in [0.2, 0.25) is 10.0 Å². The maximum Gasteiger partial charge on any atom is 0.264 e. The molecule has 0 atom stereocenters. The summed E-state index contributed by atoms with van der Waals surface area (Å²) in [6.45, 7) is -0.204. The van der Waals surface area contributed by atoms with Crippen LogP contribution in [0.4, 0.5) is 5.69 Å². The Morgan fingerprint density at radius 3 is 2.21 bits per heavy atom. The zero-order chi connectivity index (χ0) is 30.7. The van der Waals surface area contributed by atoms with Crippen molar-refractivity contribution >= 4 is 56.9 Å². The van der Waals surface area contributed by atoms with E-state index < -0.39 is 22.5 Å². The van der Waals surface area contributed by atoms with Gasteiger partial charge < -0.3 is 10.1 Å². The Labute approximate surface area is 260 Å². The van der Waals surface area contributed by atoms with Gasteiger partial charge in [-0.25, -0.2) is 13.8 Å². The summed E-state index contributed by atoms with van der Waals surface area (Å²) in [6, 6.07) is 28.6. The monoisotopic (exact) mass is 638 g/mol. The minimum Gasteiger partial charge on any atom is -0.484 e. The molecule has 0 saturated heterocycles. The fourth-order valence-electron chi connectivity index (χ4n) is 3.89. The van der Waals surface area contributed by atoms with Crippen LogP contribution in [0.15, 0.2) is 113 Å². The number of benzene rings is 4. The lowest BCUT2D eigenvalue weighted by molar-refractivity contribution is -0.123. The van der Waals surface area contributed by atoms with E-state index in [9.17, 15) is 18.0 Å². The van der Waals surface area contributed by atoms with Crippen LogP contribution >= 0.6 is 23.2 Å². The molecule has 43 heavy (non-hydrogen) atoms. The Hall–Kier alpha value is -4.38. The number of nitrogens with one attached hydrogen (secondary N) is 2. The Morgan fingerprint density at radius 1 is 0.860 bits per heavy atom. The average Bonchev–Trinajstić information content (AvgIpc) is 3.01. The zero-order valence-electron chi connectivity index (χ0n) is 22.8. The molecular formula is C31H28Cl2N4O5S. The van der Waals surface area contributed by atoms with Crippen molar-refractivity contribution in [3.8, 4) is 5.75 Å². The van der Waals surface area contributed by atoms with Crippen LogP contribution in [0.1, 0.15) is 11.1 Å². The van der Waals surface area contributed by atoms with Crippen molar-refractivity contribution in [1.29, 1.82) is 0 Å². The molecule has 12 heteroatoms. The van der Waals surface area contributed by atoms with Crippen LogP contribution < -0.4 is 19.8 Å². The van der Waals surface area contributed by atoms with Crippen LogP contribution in [-0.2, 0) is 26.0 Å². The molecule has 4 aromatic carbocycles. The molecule has 0 unspecified atom stereocenters. The lowest BCUT2D eigenvalue weighted by Gasteiger charge is -2.24. The largest absolute Gasteiger partial charge is 0.484 e. The van der Waals surface area contributed by atoms with Gasteiger partial charge in [0, 0.05) is 11.6 Å². The normalized spacial score (nSPS) is 11.2. The standard InChI is InChI=1S/C31H28Cl2N4O5S/c32-25-13-16-29(28(33)19-25)37(43(40,41)27-9-5-2-6-10-27)21-30(38)36-35-20-24-11-14-26(15-12-24)42-22-31(39)34-18-17-23-7-3-1-4-8-23/h1-16,19-20H,17-18,21-22H2,(H,34,39)(H,36,38)/b35-20-. The number of carbonyl (C=O) groups excluding carboxylic acids is 2. The summed E-state index contributed by atoms with van der Waals surface area (Å²) >= 11 is 12.3. The third-order valence-corrected chi connectivity index (χ3v) is 8.34. The zero-order valence-corrected chi connectivity index (χ0v) is 25.1. The van der Waals surface area contributed by atoms with Crippen molar-refractivity contribution in [3.05, 3.63) is 124 Å². The number of rotatable bonds is 13. The molecule has 4 rings (SSSR count). The van der Waals surface area contributed by atoms with Crippen LogP contribution in [0, 0.1) is 0 Å². The van der Waals surface area contributed by atoms with Gasteiger partial charge in [0.05, 0.1) is 21.8 Å². The minimum absolute atomic E-state index is 0.00991. The van der Waals surface area contributed by atoms with E-state index in [1.807, 2.05) is 30.3 Å². The van der Waals surface area contributed by atoms with E-state index in [-0.39, 0.29) is 28.1 Å². The molecule has 0 aromatic heterocycles. The van der Waals surface area contributed by atoms with Gasteiger partial charge in [-0.1, -0.05) is 71.7 Å². The molecule has 0 saturated carbocycles. The van der Waals surface area contributed by atoms with E-state index >= 15 is 0 Å². The first-order valence-corrected chi connectivity index (χ1v) is 15.3. The predicted octanol–water partition coefficient (Wildman–Crippen LogP) is 5.08. The second kappa shape index (κ2) is 15.2. The van der Waals surface area contributed by atoms with Gasteiger partial charge in [0.1, 0.15) is 12.3 Å². The molecule has 0 fully saturated rings. The highest BCUT2D eigenvalue weighted by molar-refractivity contribution is 7.92. The number of halogens is 2. The summed E-state index contributed by atoms with van der Waals surface area (Å²) in [5, 5.41) is 7.14. The van der Waals surface area contributed by atoms with Gasteiger partial charge in [0.15, 0.2) is 6.61 Å². The van der Waals surface area contributed by atoms with Gasteiger partial charge in [-0.3, -0.25) is 13.9 Å². The lowest BCUT2D eigenvalue weighted by atomic mass is 10.1. The number of sulfonamides is 1. The van der Waals surface area contributed by atoms with E-state index in [1.165, 1.54) is 36.5 Å². The summed E-state index contributed by atoms with van der Waals surface area (Å²) in [4.78, 5) is 24.8. The van der Waals surface area contributed by atoms with Crippen molar-refractivity contribution in [2.75, 3.05) is 24.0 Å². The number of nitrogens with zero attached hydrogens (tertiary/aromatic N) is 2. The third kappa shape index (κ3) is 9.31. The number of ether oxygens (including phenoxy) is 1. The van der Waals surface area contributed by atoms with E-state index in [2.05, 4.69) is 15.8 Å². The smallest absolute Gasteiger partial charge is 0.264 e. The van der Waals surface area contributed by atoms with Crippen LogP contribution in [0.25, 0.3) is 0 Å². The molecule has 0 aliphatic carbocycles. The van der Waals surface area contributed by atoms with Crippen molar-refractivity contribution < 1.29 is 22.7 Å². The maximum absolute atomic E-state index is 13.4. The summed E-state index contributed by atoms with van der Waals surface area (Å²) in [5.41, 5.74) is 4.21. The maximum atomic E-state index is 13.4. The van der Waals surface area contributed by atoms with Crippen molar-refractivity contribution in [1.82, 2.24) is 10.7 Å². The molecule has 4 aromatic rings. The molecule has 2 N–H and O–H groups in total. The first-order valence-electron chi connectivity index (χ1n) is 13.1. The Bertz CT molecular complexity index is 1670. The minimum atomic E-state index is -4.15. The van der Waals surface area contributed by atoms with E-state index in [4.69, 9.17) is 27.9 Å². The van der Waals surface area contributed by atoms with Crippen molar-refractivity contribution in [3.63, 3.8) is 0 Å². The van der Waals surface area contributed by atoms with Gasteiger partial charge in [-0.15, -0.1) is 0 Å². The molecule has 222 valence electrons. The highest BCUT2D eigenvalue weighted by atomic mass is 35.5. The van der Waals surface area contributed by atoms with Crippen LogP contribution in [0.5, 0.6) is 5.75 Å². The van der Waals surface area contributed by atoms with Crippen molar-refractivity contribution in [2.24, 2.45) is 5.10 Å². The number of hydrogen-bond donors (Lipinski definition) is 2. The topological polar surface area (TPSA) is 117 Å². The third-order valence-electron chi connectivity index (χ3n) is 6.03. The number of hydrazone groups is 1. The summed E-state index contributed by atoms with van der Waals surface area (Å²) in [5.74, 6) is -0.437. The van der Waals surface area contributed by atoms with Gasteiger partial charge in [-0.2, -0.15) is 5.10 Å². The summed E-state index contributed by atoms with van der Waals surface area (Å²) in [7, 11) is -4.15. The fourth-order valence-corrected chi connectivity index (χ4v) is 5.91. The number of carbonyl (C=O) groups is 2. The highest BCUT2D eigenvalue weighted by Crippen LogP contribution is 2.32. The fraction of sp³-hybridized carbons (Fsp3) is 0.129. The van der Waals surface area contributed by atoms with Crippen molar-refractivity contribution in [2.45, 2.75) is 11.3 Å². The van der Waals surface area contributed by atoms with Gasteiger partial charge in [0.25, 0.3) is 21.8 Å². The first kappa shape index (κ1) is 31.6. The van der Waals surface area contributed by atoms with E-state index in [0.29, 0.717) is 22.9 Å². The summed E-state index contributed by atoms with van der Waals surface area (Å²) in [6.07, 6.45) is 2.12. The SMILES string of the molecule is O=C(COc1ccc(/C=N\NC(=O)CN(c2ccc(Cl)cc2Cl)S(=O)(=O)c2ccccc2)cc1)NCCc1ccccc1. The number of amides is 2. The van der Waals surface area contributed by atoms with Gasteiger partial charge in [0.2, 0.25) is 0 Å². The molecular weight excluding hydrogens is 611 g/mol. The van der Waals surface area contributed by atoms with E-state index in [1.54, 1.807) is 42.5 Å². The Balaban J connectivity index is 1.31. The number of hydrogen-bond acceptors (Lipinski definition) is 6. The highest BCUT2D eigenvalue weighted by Gasteiger charge is 2.28.